The molecule has 2 N–H and O–H groups in total. The topological polar surface area (TPSA) is 42.9 Å². The first-order chi connectivity index (χ1) is 12.6. The number of likely N-dealkylation sites (tertiary alicyclic amines) is 1. The third-order valence-electron chi connectivity index (χ3n) is 5.22. The van der Waals surface area contributed by atoms with Crippen LogP contribution < -0.4 is 10.6 Å². The molecule has 1 aliphatic rings. The number of benzene rings is 1. The lowest BCUT2D eigenvalue weighted by molar-refractivity contribution is 0.134. The van der Waals surface area contributed by atoms with Gasteiger partial charge in [-0.2, -0.15) is 0 Å². The van der Waals surface area contributed by atoms with E-state index in [0.29, 0.717) is 12.1 Å². The third kappa shape index (κ3) is 6.96. The highest BCUT2D eigenvalue weighted by Crippen LogP contribution is 2.19. The second kappa shape index (κ2) is 11.2. The highest BCUT2D eigenvalue weighted by molar-refractivity contribution is 5.80. The predicted octanol–water partition coefficient (Wildman–Crippen LogP) is 2.55. The summed E-state index contributed by atoms with van der Waals surface area (Å²) in [6, 6.07) is 11.9. The third-order valence-corrected chi connectivity index (χ3v) is 5.22. The number of nitrogens with zero attached hydrogens (tertiary/aromatic N) is 3. The van der Waals surface area contributed by atoms with Crippen molar-refractivity contribution >= 4 is 5.96 Å². The Kier molecular flexibility index (Phi) is 8.92. The lowest BCUT2D eigenvalue weighted by Gasteiger charge is -2.38. The van der Waals surface area contributed by atoms with Crippen molar-refractivity contribution in [2.45, 2.75) is 52.2 Å². The van der Waals surface area contributed by atoms with Gasteiger partial charge < -0.3 is 15.5 Å². The largest absolute Gasteiger partial charge is 0.357 e. The summed E-state index contributed by atoms with van der Waals surface area (Å²) in [5.41, 5.74) is 1.40. The number of likely N-dealkylation sites (N-methyl/N-ethyl adjacent to an activating group) is 1. The molecular formula is C21H37N5. The fourth-order valence-electron chi connectivity index (χ4n) is 3.41. The van der Waals surface area contributed by atoms with E-state index >= 15 is 0 Å². The van der Waals surface area contributed by atoms with Crippen LogP contribution >= 0.6 is 0 Å². The van der Waals surface area contributed by atoms with Gasteiger partial charge in [0.25, 0.3) is 0 Å². The first kappa shape index (κ1) is 20.7. The molecule has 2 atom stereocenters. The molecule has 0 bridgehead atoms. The zero-order valence-electron chi connectivity index (χ0n) is 17.0. The van der Waals surface area contributed by atoms with E-state index in [0.717, 1.165) is 58.1 Å². The van der Waals surface area contributed by atoms with Crippen LogP contribution in [-0.4, -0.2) is 67.6 Å². The van der Waals surface area contributed by atoms with Gasteiger partial charge in [0.15, 0.2) is 5.96 Å². The van der Waals surface area contributed by atoms with Crippen LogP contribution in [0.1, 0.15) is 39.2 Å². The second-order valence-corrected chi connectivity index (χ2v) is 7.33. The van der Waals surface area contributed by atoms with Crippen molar-refractivity contribution in [2.24, 2.45) is 4.99 Å². The van der Waals surface area contributed by atoms with Gasteiger partial charge in [-0.3, -0.25) is 9.89 Å². The molecule has 0 aliphatic carbocycles. The Labute approximate surface area is 159 Å². The minimum atomic E-state index is 0.499. The molecule has 1 aromatic rings. The highest BCUT2D eigenvalue weighted by atomic mass is 15.2. The Morgan fingerprint density at radius 2 is 2.04 bits per heavy atom. The van der Waals surface area contributed by atoms with Crippen LogP contribution in [-0.2, 0) is 6.54 Å². The zero-order chi connectivity index (χ0) is 18.8. The maximum atomic E-state index is 4.75. The van der Waals surface area contributed by atoms with E-state index in [1.54, 1.807) is 0 Å². The maximum Gasteiger partial charge on any atom is 0.191 e. The number of hydrogen-bond acceptors (Lipinski definition) is 3. The summed E-state index contributed by atoms with van der Waals surface area (Å²) >= 11 is 0. The van der Waals surface area contributed by atoms with E-state index in [1.165, 1.54) is 5.56 Å². The SMILES string of the molecule is CCNC(=NCCN(C)CC)NC1CCN(Cc2ccccc2)C(C)C1. The van der Waals surface area contributed by atoms with Crippen molar-refractivity contribution in [3.05, 3.63) is 35.9 Å². The van der Waals surface area contributed by atoms with E-state index in [2.05, 4.69) is 78.6 Å². The molecule has 0 amide bonds. The van der Waals surface area contributed by atoms with Gasteiger partial charge in [0, 0.05) is 38.3 Å². The van der Waals surface area contributed by atoms with Gasteiger partial charge >= 0.3 is 0 Å². The molecule has 26 heavy (non-hydrogen) atoms. The number of rotatable bonds is 8. The highest BCUT2D eigenvalue weighted by Gasteiger charge is 2.25. The summed E-state index contributed by atoms with van der Waals surface area (Å²) in [6.45, 7) is 12.6. The molecule has 5 nitrogen and oxygen atoms in total. The molecule has 0 aromatic heterocycles. The lowest BCUT2D eigenvalue weighted by Crippen LogP contribution is -2.51. The molecule has 1 aliphatic heterocycles. The van der Waals surface area contributed by atoms with E-state index < -0.39 is 0 Å². The average Bonchev–Trinajstić information content (AvgIpc) is 2.65. The van der Waals surface area contributed by atoms with Crippen LogP contribution in [0.5, 0.6) is 0 Å². The second-order valence-electron chi connectivity index (χ2n) is 7.33. The molecule has 1 aromatic carbocycles. The van der Waals surface area contributed by atoms with E-state index in [1.807, 2.05) is 0 Å². The Balaban J connectivity index is 1.82. The van der Waals surface area contributed by atoms with Gasteiger partial charge in [-0.1, -0.05) is 37.3 Å². The summed E-state index contributed by atoms with van der Waals surface area (Å²) in [7, 11) is 2.14. The molecule has 2 rings (SSSR count). The smallest absolute Gasteiger partial charge is 0.191 e. The lowest BCUT2D eigenvalue weighted by atomic mass is 9.97. The van der Waals surface area contributed by atoms with Crippen LogP contribution in [0.4, 0.5) is 0 Å². The van der Waals surface area contributed by atoms with Gasteiger partial charge in [-0.05, 0) is 45.8 Å². The van der Waals surface area contributed by atoms with E-state index in [4.69, 9.17) is 4.99 Å². The minimum Gasteiger partial charge on any atom is -0.357 e. The predicted molar refractivity (Wildman–Crippen MR) is 112 cm³/mol. The average molecular weight is 360 g/mol. The molecule has 5 heteroatoms. The monoisotopic (exact) mass is 359 g/mol. The Hall–Kier alpha value is -1.59. The molecule has 1 heterocycles. The van der Waals surface area contributed by atoms with Gasteiger partial charge in [0.2, 0.25) is 0 Å². The van der Waals surface area contributed by atoms with Crippen LogP contribution in [0.2, 0.25) is 0 Å². The summed E-state index contributed by atoms with van der Waals surface area (Å²) in [6.07, 6.45) is 2.32. The quantitative estimate of drug-likeness (QED) is 0.553. The van der Waals surface area contributed by atoms with Gasteiger partial charge in [-0.15, -0.1) is 0 Å². The molecule has 0 spiro atoms. The summed E-state index contributed by atoms with van der Waals surface area (Å²) in [5.74, 6) is 0.964. The number of nitrogens with one attached hydrogen (secondary N) is 2. The number of aliphatic imine (C=N–C) groups is 1. The van der Waals surface area contributed by atoms with Crippen molar-refractivity contribution in [3.8, 4) is 0 Å². The fourth-order valence-corrected chi connectivity index (χ4v) is 3.41. The van der Waals surface area contributed by atoms with Crippen molar-refractivity contribution in [2.75, 3.05) is 39.8 Å². The van der Waals surface area contributed by atoms with Crippen LogP contribution in [0.15, 0.2) is 35.3 Å². The molecular weight excluding hydrogens is 322 g/mol. The van der Waals surface area contributed by atoms with Crippen LogP contribution in [0, 0.1) is 0 Å². The van der Waals surface area contributed by atoms with Crippen molar-refractivity contribution in [1.82, 2.24) is 20.4 Å². The molecule has 0 saturated carbocycles. The summed E-state index contributed by atoms with van der Waals surface area (Å²) in [5, 5.41) is 7.05. The van der Waals surface area contributed by atoms with Crippen molar-refractivity contribution in [1.29, 1.82) is 0 Å². The Morgan fingerprint density at radius 3 is 2.69 bits per heavy atom. The molecule has 146 valence electrons. The van der Waals surface area contributed by atoms with Crippen LogP contribution in [0.25, 0.3) is 0 Å². The van der Waals surface area contributed by atoms with Gasteiger partial charge in [-0.25, -0.2) is 0 Å². The van der Waals surface area contributed by atoms with Crippen molar-refractivity contribution < 1.29 is 0 Å². The Bertz CT molecular complexity index is 530. The van der Waals surface area contributed by atoms with Gasteiger partial charge in [0.1, 0.15) is 0 Å². The zero-order valence-corrected chi connectivity index (χ0v) is 17.0. The number of hydrogen-bond donors (Lipinski definition) is 2. The summed E-state index contributed by atoms with van der Waals surface area (Å²) < 4.78 is 0. The maximum absolute atomic E-state index is 4.75. The van der Waals surface area contributed by atoms with E-state index in [-0.39, 0.29) is 0 Å². The first-order valence-electron chi connectivity index (χ1n) is 10.1. The number of guanidine groups is 1. The standard InChI is InChI=1S/C21H37N5/c1-5-22-21(23-13-15-25(4)6-2)24-20-12-14-26(18(3)16-20)17-19-10-8-7-9-11-19/h7-11,18,20H,5-6,12-17H2,1-4H3,(H2,22,23,24). The molecule has 1 fully saturated rings. The normalized spacial score (nSPS) is 21.8. The molecule has 2 unspecified atom stereocenters. The van der Waals surface area contributed by atoms with Crippen molar-refractivity contribution in [3.63, 3.8) is 0 Å². The fraction of sp³-hybridized carbons (Fsp3) is 0.667. The minimum absolute atomic E-state index is 0.499. The molecule has 1 saturated heterocycles. The Morgan fingerprint density at radius 1 is 1.27 bits per heavy atom. The van der Waals surface area contributed by atoms with Gasteiger partial charge in [0.05, 0.1) is 6.54 Å². The number of piperidine rings is 1. The van der Waals surface area contributed by atoms with E-state index in [9.17, 15) is 0 Å². The summed E-state index contributed by atoms with van der Waals surface area (Å²) in [4.78, 5) is 9.63. The van der Waals surface area contributed by atoms with Crippen LogP contribution in [0.3, 0.4) is 0 Å². The first-order valence-corrected chi connectivity index (χ1v) is 10.1. The molecule has 0 radical (unpaired) electrons.